The molecular formula is C25H21F2N5O3. The van der Waals surface area contributed by atoms with Crippen LogP contribution in [-0.4, -0.2) is 46.0 Å². The Hall–Kier alpha value is -3.92. The number of hydrogen-bond donors (Lipinski definition) is 1. The lowest BCUT2D eigenvalue weighted by Gasteiger charge is -2.40. The highest BCUT2D eigenvalue weighted by Crippen LogP contribution is 2.47. The first-order chi connectivity index (χ1) is 16.7. The Balaban J connectivity index is 1.57. The van der Waals surface area contributed by atoms with Crippen LogP contribution in [0.1, 0.15) is 41.4 Å². The smallest absolute Gasteiger partial charge is 0.264 e. The molecule has 0 spiro atoms. The molecule has 35 heavy (non-hydrogen) atoms. The summed E-state index contributed by atoms with van der Waals surface area (Å²) in [5, 5.41) is 12.0. The van der Waals surface area contributed by atoms with Crippen molar-refractivity contribution in [1.82, 2.24) is 9.97 Å². The number of fused-ring (bicyclic) bond motifs is 2. The molecule has 0 bridgehead atoms. The van der Waals surface area contributed by atoms with Crippen LogP contribution in [0.2, 0.25) is 0 Å². The molecule has 2 amide bonds. The van der Waals surface area contributed by atoms with Crippen LogP contribution in [0.4, 0.5) is 26.1 Å². The van der Waals surface area contributed by atoms with Crippen LogP contribution < -0.4 is 14.7 Å². The molecule has 0 saturated heterocycles. The van der Waals surface area contributed by atoms with E-state index in [9.17, 15) is 19.1 Å². The Kier molecular flexibility index (Phi) is 4.50. The lowest BCUT2D eigenvalue weighted by Crippen LogP contribution is -2.52. The van der Waals surface area contributed by atoms with Crippen LogP contribution in [0, 0.1) is 11.6 Å². The third-order valence-electron chi connectivity index (χ3n) is 6.92. The fourth-order valence-electron chi connectivity index (χ4n) is 5.07. The maximum absolute atomic E-state index is 15.0. The summed E-state index contributed by atoms with van der Waals surface area (Å²) in [6.07, 6.45) is 3.21. The summed E-state index contributed by atoms with van der Waals surface area (Å²) in [6, 6.07) is 8.63. The van der Waals surface area contributed by atoms with Crippen molar-refractivity contribution in [3.63, 3.8) is 0 Å². The average molecular weight is 477 g/mol. The van der Waals surface area contributed by atoms with Gasteiger partial charge in [-0.25, -0.2) is 13.8 Å². The number of carbonyl (C=O) groups is 2. The molecular weight excluding hydrogens is 456 g/mol. The maximum atomic E-state index is 15.0. The normalized spacial score (nSPS) is 23.6. The van der Waals surface area contributed by atoms with Crippen molar-refractivity contribution >= 4 is 29.1 Å². The third-order valence-corrected chi connectivity index (χ3v) is 6.92. The SMILES string of the molecule is CC1C(=O)N(C)c2ccc(N3C(=O)c4cccnc4C3(O)c3ccc(F)cc3F)nc2N1C1CC1. The second-order valence-electron chi connectivity index (χ2n) is 9.06. The molecule has 3 aromatic rings. The zero-order valence-electron chi connectivity index (χ0n) is 18.9. The highest BCUT2D eigenvalue weighted by atomic mass is 19.1. The van der Waals surface area contributed by atoms with Gasteiger partial charge in [0, 0.05) is 30.9 Å². The van der Waals surface area contributed by atoms with Crippen molar-refractivity contribution in [2.24, 2.45) is 0 Å². The molecule has 0 radical (unpaired) electrons. The number of likely N-dealkylation sites (N-methyl/N-ethyl adjacent to an activating group) is 1. The minimum Gasteiger partial charge on any atom is -0.361 e. The van der Waals surface area contributed by atoms with Gasteiger partial charge in [0.1, 0.15) is 29.2 Å². The standard InChI is InChI=1S/C25H21F2N5O3/c1-13-23(33)30(2)19-9-10-20(29-22(19)31(13)15-6-7-15)32-24(34)16-4-3-11-28-21(16)25(32,35)17-8-5-14(26)12-18(17)27/h3-5,8-13,15,35H,6-7H2,1-2H3. The van der Waals surface area contributed by atoms with E-state index < -0.39 is 29.3 Å². The first kappa shape index (κ1) is 21.6. The second kappa shape index (κ2) is 7.29. The van der Waals surface area contributed by atoms with E-state index in [1.54, 1.807) is 26.1 Å². The molecule has 10 heteroatoms. The molecule has 1 saturated carbocycles. The van der Waals surface area contributed by atoms with Crippen LogP contribution in [0.3, 0.4) is 0 Å². The first-order valence-electron chi connectivity index (χ1n) is 11.3. The largest absolute Gasteiger partial charge is 0.361 e. The highest BCUT2D eigenvalue weighted by molar-refractivity contribution is 6.12. The molecule has 2 aliphatic heterocycles. The molecule has 1 N–H and O–H groups in total. The van der Waals surface area contributed by atoms with E-state index in [-0.39, 0.29) is 34.6 Å². The van der Waals surface area contributed by atoms with Gasteiger partial charge in [-0.15, -0.1) is 0 Å². The molecule has 1 fully saturated rings. The number of aliphatic hydroxyl groups is 1. The monoisotopic (exact) mass is 477 g/mol. The van der Waals surface area contributed by atoms with Crippen molar-refractivity contribution in [1.29, 1.82) is 0 Å². The molecule has 1 aromatic carbocycles. The summed E-state index contributed by atoms with van der Waals surface area (Å²) in [5.41, 5.74) is -2.11. The van der Waals surface area contributed by atoms with Gasteiger partial charge in [-0.2, -0.15) is 0 Å². The summed E-state index contributed by atoms with van der Waals surface area (Å²) in [6.45, 7) is 1.81. The van der Waals surface area contributed by atoms with Crippen LogP contribution in [0.25, 0.3) is 0 Å². The van der Waals surface area contributed by atoms with Gasteiger partial charge in [0.25, 0.3) is 5.91 Å². The van der Waals surface area contributed by atoms with Gasteiger partial charge in [0.05, 0.1) is 11.3 Å². The predicted molar refractivity (Wildman–Crippen MR) is 123 cm³/mol. The number of rotatable bonds is 3. The molecule has 2 atom stereocenters. The van der Waals surface area contributed by atoms with E-state index in [1.165, 1.54) is 23.2 Å². The van der Waals surface area contributed by atoms with E-state index in [1.807, 2.05) is 4.90 Å². The summed E-state index contributed by atoms with van der Waals surface area (Å²) >= 11 is 0. The zero-order chi connectivity index (χ0) is 24.6. The number of aromatic nitrogens is 2. The van der Waals surface area contributed by atoms with Gasteiger partial charge >= 0.3 is 0 Å². The molecule has 2 unspecified atom stereocenters. The Morgan fingerprint density at radius 3 is 2.60 bits per heavy atom. The molecule has 2 aromatic heterocycles. The average Bonchev–Trinajstić information content (AvgIpc) is 3.64. The van der Waals surface area contributed by atoms with Crippen LogP contribution >= 0.6 is 0 Å². The number of hydrogen-bond acceptors (Lipinski definition) is 6. The topological polar surface area (TPSA) is 89.9 Å². The van der Waals surface area contributed by atoms with Crippen molar-refractivity contribution in [2.75, 3.05) is 21.7 Å². The van der Waals surface area contributed by atoms with E-state index in [2.05, 4.69) is 4.98 Å². The maximum Gasteiger partial charge on any atom is 0.264 e. The number of halogens is 2. The van der Waals surface area contributed by atoms with E-state index in [0.29, 0.717) is 17.6 Å². The van der Waals surface area contributed by atoms with Crippen molar-refractivity contribution in [2.45, 2.75) is 37.6 Å². The van der Waals surface area contributed by atoms with Gasteiger partial charge in [0.15, 0.2) is 5.82 Å². The molecule has 8 nitrogen and oxygen atoms in total. The van der Waals surface area contributed by atoms with E-state index >= 15 is 4.39 Å². The number of anilines is 3. The Morgan fingerprint density at radius 1 is 1.11 bits per heavy atom. The van der Waals surface area contributed by atoms with Crippen LogP contribution in [0.15, 0.2) is 48.7 Å². The summed E-state index contributed by atoms with van der Waals surface area (Å²) in [7, 11) is 1.66. The van der Waals surface area contributed by atoms with Gasteiger partial charge in [-0.05, 0) is 56.2 Å². The lowest BCUT2D eigenvalue weighted by molar-refractivity contribution is -0.119. The number of carbonyl (C=O) groups excluding carboxylic acids is 2. The second-order valence-corrected chi connectivity index (χ2v) is 9.06. The minimum atomic E-state index is -2.36. The summed E-state index contributed by atoms with van der Waals surface area (Å²) < 4.78 is 28.7. The van der Waals surface area contributed by atoms with Crippen LogP contribution in [-0.2, 0) is 10.5 Å². The van der Waals surface area contributed by atoms with Crippen LogP contribution in [0.5, 0.6) is 0 Å². The minimum absolute atomic E-state index is 0.0542. The predicted octanol–water partition coefficient (Wildman–Crippen LogP) is 2.94. The number of pyridine rings is 2. The Labute approximate surface area is 199 Å². The van der Waals surface area contributed by atoms with Crippen molar-refractivity contribution in [3.05, 3.63) is 77.1 Å². The Bertz CT molecular complexity index is 1410. The third kappa shape index (κ3) is 2.92. The number of nitrogens with zero attached hydrogens (tertiary/aromatic N) is 5. The molecule has 1 aliphatic carbocycles. The van der Waals surface area contributed by atoms with Gasteiger partial charge in [-0.1, -0.05) is 0 Å². The van der Waals surface area contributed by atoms with Gasteiger partial charge in [0.2, 0.25) is 11.6 Å². The first-order valence-corrected chi connectivity index (χ1v) is 11.3. The van der Waals surface area contributed by atoms with E-state index in [0.717, 1.165) is 29.9 Å². The molecule has 6 rings (SSSR count). The summed E-state index contributed by atoms with van der Waals surface area (Å²) in [4.78, 5) is 39.7. The number of benzene rings is 1. The van der Waals surface area contributed by atoms with Gasteiger partial charge in [-0.3, -0.25) is 19.5 Å². The lowest BCUT2D eigenvalue weighted by atomic mass is 9.97. The zero-order valence-corrected chi connectivity index (χ0v) is 18.9. The van der Waals surface area contributed by atoms with Crippen molar-refractivity contribution < 1.29 is 23.5 Å². The molecule has 178 valence electrons. The summed E-state index contributed by atoms with van der Waals surface area (Å²) in [5.74, 6) is -1.99. The molecule has 3 aliphatic rings. The number of amides is 2. The van der Waals surface area contributed by atoms with E-state index in [4.69, 9.17) is 4.98 Å². The highest BCUT2D eigenvalue weighted by Gasteiger charge is 2.54. The fourth-order valence-corrected chi connectivity index (χ4v) is 5.07. The van der Waals surface area contributed by atoms with Gasteiger partial charge < -0.3 is 14.9 Å². The quantitative estimate of drug-likeness (QED) is 0.624. The molecule has 4 heterocycles. The Morgan fingerprint density at radius 2 is 1.89 bits per heavy atom. The fraction of sp³-hybridized carbons (Fsp3) is 0.280. The van der Waals surface area contributed by atoms with Crippen molar-refractivity contribution in [3.8, 4) is 0 Å².